The Balaban J connectivity index is 2.60. The number of hydrogen-bond donors (Lipinski definition) is 2. The van der Waals surface area contributed by atoms with Gasteiger partial charge in [-0.05, 0) is 32.6 Å². The van der Waals surface area contributed by atoms with Gasteiger partial charge >= 0.3 is 5.97 Å². The van der Waals surface area contributed by atoms with Crippen molar-refractivity contribution in [3.05, 3.63) is 35.4 Å². The highest BCUT2D eigenvalue weighted by molar-refractivity contribution is 5.90. The van der Waals surface area contributed by atoms with E-state index in [4.69, 9.17) is 4.74 Å². The van der Waals surface area contributed by atoms with Crippen molar-refractivity contribution >= 4 is 5.97 Å². The molecule has 0 saturated heterocycles. The molecule has 0 bridgehead atoms. The fourth-order valence-corrected chi connectivity index (χ4v) is 2.19. The first-order chi connectivity index (χ1) is 9.35. The second kappa shape index (κ2) is 7.38. The van der Waals surface area contributed by atoms with E-state index in [0.29, 0.717) is 25.2 Å². The Kier molecular flexibility index (Phi) is 6.13. The van der Waals surface area contributed by atoms with E-state index in [1.165, 1.54) is 7.11 Å². The Morgan fingerprint density at radius 1 is 1.40 bits per heavy atom. The summed E-state index contributed by atoms with van der Waals surface area (Å²) in [6, 6.07) is 7.29. The fraction of sp³-hybridized carbons (Fsp3) is 0.533. The quantitative estimate of drug-likeness (QED) is 0.726. The molecular weight excluding hydrogens is 256 g/mol. The van der Waals surface area contributed by atoms with Gasteiger partial charge < -0.3 is 20.1 Å². The first-order valence-electron chi connectivity index (χ1n) is 6.60. The average Bonchev–Trinajstić information content (AvgIpc) is 2.36. The van der Waals surface area contributed by atoms with Crippen LogP contribution in [0.1, 0.15) is 22.8 Å². The minimum atomic E-state index is -0.816. The highest BCUT2D eigenvalue weighted by Gasteiger charge is 2.21. The van der Waals surface area contributed by atoms with Crippen LogP contribution in [0.4, 0.5) is 0 Å². The van der Waals surface area contributed by atoms with Crippen molar-refractivity contribution in [3.8, 4) is 0 Å². The first-order valence-corrected chi connectivity index (χ1v) is 6.60. The second-order valence-corrected chi connectivity index (χ2v) is 5.49. The topological polar surface area (TPSA) is 61.8 Å². The summed E-state index contributed by atoms with van der Waals surface area (Å²) in [7, 11) is 5.20. The zero-order valence-electron chi connectivity index (χ0n) is 12.6. The number of esters is 1. The fourth-order valence-electron chi connectivity index (χ4n) is 2.19. The third kappa shape index (κ3) is 5.28. The largest absolute Gasteiger partial charge is 0.465 e. The average molecular weight is 280 g/mol. The van der Waals surface area contributed by atoms with E-state index in [9.17, 15) is 9.90 Å². The number of hydrogen-bond acceptors (Lipinski definition) is 5. The van der Waals surface area contributed by atoms with Gasteiger partial charge in [-0.1, -0.05) is 18.2 Å². The third-order valence-electron chi connectivity index (χ3n) is 2.90. The smallest absolute Gasteiger partial charge is 0.338 e. The molecule has 0 spiro atoms. The molecule has 1 rings (SSSR count). The van der Waals surface area contributed by atoms with Crippen LogP contribution in [0.15, 0.2) is 24.3 Å². The predicted octanol–water partition coefficient (Wildman–Crippen LogP) is 0.875. The Morgan fingerprint density at radius 2 is 2.05 bits per heavy atom. The van der Waals surface area contributed by atoms with E-state index in [1.807, 2.05) is 31.1 Å². The van der Waals surface area contributed by atoms with Gasteiger partial charge in [-0.25, -0.2) is 4.79 Å². The summed E-state index contributed by atoms with van der Waals surface area (Å²) in [5.74, 6) is -0.345. The van der Waals surface area contributed by atoms with Gasteiger partial charge in [-0.2, -0.15) is 0 Å². The minimum absolute atomic E-state index is 0.345. The number of ether oxygens (including phenoxy) is 1. The van der Waals surface area contributed by atoms with E-state index in [2.05, 4.69) is 5.32 Å². The Hall–Kier alpha value is -1.43. The molecule has 1 unspecified atom stereocenters. The van der Waals surface area contributed by atoms with Crippen LogP contribution in [0, 0.1) is 0 Å². The molecule has 1 aromatic carbocycles. The minimum Gasteiger partial charge on any atom is -0.465 e. The van der Waals surface area contributed by atoms with Crippen LogP contribution in [-0.4, -0.2) is 55.9 Å². The summed E-state index contributed by atoms with van der Waals surface area (Å²) in [6.45, 7) is 3.31. The van der Waals surface area contributed by atoms with Crippen molar-refractivity contribution in [2.45, 2.75) is 19.1 Å². The number of carbonyl (C=O) groups excluding carboxylic acids is 1. The molecule has 0 aliphatic heterocycles. The first kappa shape index (κ1) is 16.6. The molecule has 5 nitrogen and oxygen atoms in total. The Labute approximate surface area is 120 Å². The van der Waals surface area contributed by atoms with Crippen LogP contribution in [0.2, 0.25) is 0 Å². The van der Waals surface area contributed by atoms with Crippen molar-refractivity contribution < 1.29 is 14.6 Å². The van der Waals surface area contributed by atoms with E-state index in [0.717, 1.165) is 5.56 Å². The molecular formula is C15H24N2O3. The van der Waals surface area contributed by atoms with Crippen LogP contribution < -0.4 is 5.32 Å². The summed E-state index contributed by atoms with van der Waals surface area (Å²) in [5.41, 5.74) is 0.596. The molecule has 112 valence electrons. The van der Waals surface area contributed by atoms with Gasteiger partial charge in [0.25, 0.3) is 0 Å². The second-order valence-electron chi connectivity index (χ2n) is 5.49. The SMILES string of the molecule is COC(=O)c1ccccc1CNCC(C)(O)CN(C)C. The molecule has 0 aromatic heterocycles. The number of benzene rings is 1. The molecule has 2 N–H and O–H groups in total. The lowest BCUT2D eigenvalue weighted by molar-refractivity contribution is 0.0336. The maximum Gasteiger partial charge on any atom is 0.338 e. The van der Waals surface area contributed by atoms with Crippen LogP contribution >= 0.6 is 0 Å². The zero-order valence-corrected chi connectivity index (χ0v) is 12.6. The molecule has 20 heavy (non-hydrogen) atoms. The Morgan fingerprint density at radius 3 is 2.65 bits per heavy atom. The van der Waals surface area contributed by atoms with Crippen molar-refractivity contribution in [2.24, 2.45) is 0 Å². The van der Waals surface area contributed by atoms with Crippen LogP contribution in [0.5, 0.6) is 0 Å². The summed E-state index contributed by atoms with van der Waals surface area (Å²) in [5, 5.41) is 13.4. The lowest BCUT2D eigenvalue weighted by atomic mass is 10.1. The van der Waals surface area contributed by atoms with Crippen LogP contribution in [0.25, 0.3) is 0 Å². The zero-order chi connectivity index (χ0) is 15.2. The summed E-state index contributed by atoms with van der Waals surface area (Å²) in [4.78, 5) is 13.6. The lowest BCUT2D eigenvalue weighted by Gasteiger charge is -2.27. The summed E-state index contributed by atoms with van der Waals surface area (Å²) < 4.78 is 4.75. The van der Waals surface area contributed by atoms with Crippen LogP contribution in [-0.2, 0) is 11.3 Å². The lowest BCUT2D eigenvalue weighted by Crippen LogP contribution is -2.45. The van der Waals surface area contributed by atoms with Crippen molar-refractivity contribution in [2.75, 3.05) is 34.3 Å². The highest BCUT2D eigenvalue weighted by Crippen LogP contribution is 2.10. The normalized spacial score (nSPS) is 14.1. The molecule has 0 saturated carbocycles. The van der Waals surface area contributed by atoms with E-state index in [1.54, 1.807) is 19.1 Å². The molecule has 0 heterocycles. The van der Waals surface area contributed by atoms with Gasteiger partial charge in [0.2, 0.25) is 0 Å². The maximum absolute atomic E-state index is 11.6. The van der Waals surface area contributed by atoms with Crippen molar-refractivity contribution in [3.63, 3.8) is 0 Å². The van der Waals surface area contributed by atoms with Gasteiger partial charge in [-0.3, -0.25) is 0 Å². The number of nitrogens with zero attached hydrogens (tertiary/aromatic N) is 1. The van der Waals surface area contributed by atoms with Crippen LogP contribution in [0.3, 0.4) is 0 Å². The molecule has 0 amide bonds. The number of rotatable bonds is 7. The standard InChI is InChI=1S/C15H24N2O3/c1-15(19,11-17(2)3)10-16-9-12-7-5-6-8-13(12)14(18)20-4/h5-8,16,19H,9-11H2,1-4H3. The van der Waals surface area contributed by atoms with Gasteiger partial charge in [-0.15, -0.1) is 0 Å². The molecule has 5 heteroatoms. The molecule has 0 radical (unpaired) electrons. The van der Waals surface area contributed by atoms with Crippen molar-refractivity contribution in [1.29, 1.82) is 0 Å². The molecule has 0 aliphatic rings. The number of nitrogens with one attached hydrogen (secondary N) is 1. The number of likely N-dealkylation sites (N-methyl/N-ethyl adjacent to an activating group) is 1. The summed E-state index contributed by atoms with van der Waals surface area (Å²) >= 11 is 0. The van der Waals surface area contributed by atoms with Gasteiger partial charge in [0, 0.05) is 19.6 Å². The molecule has 0 aliphatic carbocycles. The monoisotopic (exact) mass is 280 g/mol. The molecule has 1 atom stereocenters. The number of aliphatic hydroxyl groups is 1. The maximum atomic E-state index is 11.6. The number of methoxy groups -OCH3 is 1. The van der Waals surface area contributed by atoms with Gasteiger partial charge in [0.15, 0.2) is 0 Å². The third-order valence-corrected chi connectivity index (χ3v) is 2.90. The van der Waals surface area contributed by atoms with E-state index < -0.39 is 5.60 Å². The van der Waals surface area contributed by atoms with Gasteiger partial charge in [0.1, 0.15) is 0 Å². The molecule has 0 fully saturated rings. The predicted molar refractivity (Wildman–Crippen MR) is 78.7 cm³/mol. The van der Waals surface area contributed by atoms with Crippen molar-refractivity contribution in [1.82, 2.24) is 10.2 Å². The van der Waals surface area contributed by atoms with E-state index in [-0.39, 0.29) is 5.97 Å². The van der Waals surface area contributed by atoms with Gasteiger partial charge in [0.05, 0.1) is 18.3 Å². The highest BCUT2D eigenvalue weighted by atomic mass is 16.5. The van der Waals surface area contributed by atoms with E-state index >= 15 is 0 Å². The number of carbonyl (C=O) groups is 1. The Bertz CT molecular complexity index is 444. The molecule has 1 aromatic rings. The summed E-state index contributed by atoms with van der Waals surface area (Å²) in [6.07, 6.45) is 0.